The van der Waals surface area contributed by atoms with Crippen molar-refractivity contribution in [2.75, 3.05) is 6.54 Å². The highest BCUT2D eigenvalue weighted by atomic mass is 16.1. The summed E-state index contributed by atoms with van der Waals surface area (Å²) in [7, 11) is 0. The van der Waals surface area contributed by atoms with Crippen LogP contribution in [0.4, 0.5) is 0 Å². The molecule has 0 radical (unpaired) electrons. The van der Waals surface area contributed by atoms with E-state index in [1.165, 1.54) is 11.1 Å². The molecule has 2 aliphatic carbocycles. The van der Waals surface area contributed by atoms with Crippen molar-refractivity contribution in [2.24, 2.45) is 17.6 Å². The van der Waals surface area contributed by atoms with Crippen LogP contribution < -0.4 is 11.1 Å². The van der Waals surface area contributed by atoms with Gasteiger partial charge in [0.1, 0.15) is 0 Å². The van der Waals surface area contributed by atoms with E-state index in [2.05, 4.69) is 29.6 Å². The van der Waals surface area contributed by atoms with Crippen LogP contribution in [0.5, 0.6) is 0 Å². The van der Waals surface area contributed by atoms with Gasteiger partial charge in [0.25, 0.3) is 0 Å². The first-order chi connectivity index (χ1) is 9.78. The zero-order chi connectivity index (χ0) is 13.9. The van der Waals surface area contributed by atoms with Gasteiger partial charge in [0.15, 0.2) is 0 Å². The van der Waals surface area contributed by atoms with Crippen molar-refractivity contribution in [3.63, 3.8) is 0 Å². The van der Waals surface area contributed by atoms with Crippen LogP contribution in [-0.4, -0.2) is 12.5 Å². The van der Waals surface area contributed by atoms with E-state index >= 15 is 0 Å². The molecular weight excluding hydrogens is 248 g/mol. The number of hydrogen-bond acceptors (Lipinski definition) is 2. The number of carbonyl (C=O) groups is 1. The molecule has 0 saturated heterocycles. The average Bonchev–Trinajstić information content (AvgIpc) is 2.91. The molecule has 0 bridgehead atoms. The van der Waals surface area contributed by atoms with Gasteiger partial charge in [0.2, 0.25) is 5.91 Å². The lowest BCUT2D eigenvalue weighted by atomic mass is 9.81. The lowest BCUT2D eigenvalue weighted by molar-refractivity contribution is -0.127. The quantitative estimate of drug-likeness (QED) is 0.888. The molecule has 1 fully saturated rings. The van der Waals surface area contributed by atoms with Crippen LogP contribution in [-0.2, 0) is 11.2 Å². The highest BCUT2D eigenvalue weighted by molar-refractivity contribution is 5.79. The Bertz CT molecular complexity index is 478. The third kappa shape index (κ3) is 2.73. The third-order valence-corrected chi connectivity index (χ3v) is 5.00. The zero-order valence-corrected chi connectivity index (χ0v) is 12.0. The summed E-state index contributed by atoms with van der Waals surface area (Å²) in [6.07, 6.45) is 6.35. The molecule has 0 aromatic heterocycles. The van der Waals surface area contributed by atoms with E-state index in [1.807, 2.05) is 0 Å². The number of nitrogens with one attached hydrogen (secondary N) is 1. The van der Waals surface area contributed by atoms with Crippen LogP contribution in [0.25, 0.3) is 0 Å². The largest absolute Gasteiger partial charge is 0.349 e. The van der Waals surface area contributed by atoms with E-state index < -0.39 is 0 Å². The van der Waals surface area contributed by atoms with Gasteiger partial charge in [0, 0.05) is 5.92 Å². The first-order valence-corrected chi connectivity index (χ1v) is 7.86. The van der Waals surface area contributed by atoms with E-state index in [4.69, 9.17) is 5.73 Å². The second-order valence-electron chi connectivity index (χ2n) is 6.25. The molecule has 3 N–H and O–H groups in total. The highest BCUT2D eigenvalue weighted by Gasteiger charge is 2.29. The summed E-state index contributed by atoms with van der Waals surface area (Å²) in [6.45, 7) is 0.768. The van der Waals surface area contributed by atoms with E-state index in [-0.39, 0.29) is 17.9 Å². The van der Waals surface area contributed by atoms with Gasteiger partial charge >= 0.3 is 0 Å². The van der Waals surface area contributed by atoms with Gasteiger partial charge in [-0.15, -0.1) is 0 Å². The van der Waals surface area contributed by atoms with E-state index in [9.17, 15) is 4.79 Å². The minimum absolute atomic E-state index is 0.200. The van der Waals surface area contributed by atoms with Gasteiger partial charge in [-0.3, -0.25) is 4.79 Å². The van der Waals surface area contributed by atoms with Crippen molar-refractivity contribution in [1.82, 2.24) is 5.32 Å². The number of nitrogens with two attached hydrogens (primary N) is 1. The molecular formula is C17H24N2O. The molecule has 1 atom stereocenters. The molecule has 20 heavy (non-hydrogen) atoms. The minimum Gasteiger partial charge on any atom is -0.349 e. The van der Waals surface area contributed by atoms with Crippen molar-refractivity contribution in [1.29, 1.82) is 0 Å². The number of amides is 1. The molecule has 108 valence electrons. The topological polar surface area (TPSA) is 55.1 Å². The fourth-order valence-electron chi connectivity index (χ4n) is 3.66. The second kappa shape index (κ2) is 5.96. The third-order valence-electron chi connectivity index (χ3n) is 5.00. The average molecular weight is 272 g/mol. The van der Waals surface area contributed by atoms with Gasteiger partial charge < -0.3 is 11.1 Å². The maximum absolute atomic E-state index is 12.4. The van der Waals surface area contributed by atoms with Crippen molar-refractivity contribution in [3.8, 4) is 0 Å². The maximum atomic E-state index is 12.4. The lowest BCUT2D eigenvalue weighted by Crippen LogP contribution is -2.36. The summed E-state index contributed by atoms with van der Waals surface area (Å²) in [4.78, 5) is 12.4. The van der Waals surface area contributed by atoms with E-state index in [1.54, 1.807) is 0 Å². The van der Waals surface area contributed by atoms with Crippen LogP contribution in [0.2, 0.25) is 0 Å². The number of fused-ring (bicyclic) bond motifs is 1. The molecule has 0 heterocycles. The molecule has 3 heteroatoms. The summed E-state index contributed by atoms with van der Waals surface area (Å²) in [5.74, 6) is 1.08. The Morgan fingerprint density at radius 3 is 2.65 bits per heavy atom. The summed E-state index contributed by atoms with van der Waals surface area (Å²) in [6, 6.07) is 8.70. The molecule has 1 aromatic rings. The van der Waals surface area contributed by atoms with Gasteiger partial charge in [-0.1, -0.05) is 24.3 Å². The van der Waals surface area contributed by atoms with Gasteiger partial charge in [-0.2, -0.15) is 0 Å². The first-order valence-electron chi connectivity index (χ1n) is 7.86. The second-order valence-corrected chi connectivity index (χ2v) is 6.25. The van der Waals surface area contributed by atoms with E-state index in [0.29, 0.717) is 5.92 Å². The summed E-state index contributed by atoms with van der Waals surface area (Å²) < 4.78 is 0. The number of aryl methyl sites for hydroxylation is 1. The molecule has 0 aliphatic heterocycles. The first kappa shape index (κ1) is 13.6. The van der Waals surface area contributed by atoms with Crippen molar-refractivity contribution in [3.05, 3.63) is 35.4 Å². The van der Waals surface area contributed by atoms with Crippen LogP contribution in [0.1, 0.15) is 49.3 Å². The van der Waals surface area contributed by atoms with Crippen LogP contribution in [0.15, 0.2) is 24.3 Å². The highest BCUT2D eigenvalue weighted by Crippen LogP contribution is 2.33. The fraction of sp³-hybridized carbons (Fsp3) is 0.588. The van der Waals surface area contributed by atoms with Crippen LogP contribution in [0.3, 0.4) is 0 Å². The Kier molecular flexibility index (Phi) is 4.06. The monoisotopic (exact) mass is 272 g/mol. The fourth-order valence-corrected chi connectivity index (χ4v) is 3.66. The zero-order valence-electron chi connectivity index (χ0n) is 12.0. The number of benzene rings is 1. The molecule has 1 unspecified atom stereocenters. The predicted molar refractivity (Wildman–Crippen MR) is 80.1 cm³/mol. The van der Waals surface area contributed by atoms with Crippen LogP contribution >= 0.6 is 0 Å². The smallest absolute Gasteiger partial charge is 0.223 e. The summed E-state index contributed by atoms with van der Waals surface area (Å²) in [5.41, 5.74) is 8.42. The molecule has 3 rings (SSSR count). The molecule has 0 spiro atoms. The summed E-state index contributed by atoms with van der Waals surface area (Å²) >= 11 is 0. The Morgan fingerprint density at radius 2 is 1.90 bits per heavy atom. The minimum atomic E-state index is 0.200. The molecule has 1 aromatic carbocycles. The van der Waals surface area contributed by atoms with Crippen molar-refractivity contribution < 1.29 is 4.79 Å². The van der Waals surface area contributed by atoms with Gasteiger partial charge in [0.05, 0.1) is 6.04 Å². The van der Waals surface area contributed by atoms with Crippen molar-refractivity contribution >= 4 is 5.91 Å². The Hall–Kier alpha value is -1.35. The Labute approximate surface area is 120 Å². The SMILES string of the molecule is NCC1CCC(C(=O)NC2CCc3ccccc32)CC1. The summed E-state index contributed by atoms with van der Waals surface area (Å²) in [5, 5.41) is 3.27. The standard InChI is InChI=1S/C17H24N2O/c18-11-12-5-7-14(8-6-12)17(20)19-16-10-9-13-3-1-2-4-15(13)16/h1-4,12,14,16H,5-11,18H2,(H,19,20). The Morgan fingerprint density at radius 1 is 1.15 bits per heavy atom. The lowest BCUT2D eigenvalue weighted by Gasteiger charge is -2.28. The number of hydrogen-bond donors (Lipinski definition) is 2. The molecule has 2 aliphatic rings. The molecule has 3 nitrogen and oxygen atoms in total. The van der Waals surface area contributed by atoms with Crippen LogP contribution in [0, 0.1) is 11.8 Å². The maximum Gasteiger partial charge on any atom is 0.223 e. The predicted octanol–water partition coefficient (Wildman–Crippen LogP) is 2.56. The Balaban J connectivity index is 1.58. The van der Waals surface area contributed by atoms with Gasteiger partial charge in [-0.25, -0.2) is 0 Å². The van der Waals surface area contributed by atoms with Crippen molar-refractivity contribution in [2.45, 2.75) is 44.6 Å². The number of rotatable bonds is 3. The number of carbonyl (C=O) groups excluding carboxylic acids is 1. The molecule has 1 saturated carbocycles. The molecule has 1 amide bonds. The van der Waals surface area contributed by atoms with E-state index in [0.717, 1.165) is 45.1 Å². The normalized spacial score (nSPS) is 28.9. The van der Waals surface area contributed by atoms with Gasteiger partial charge in [-0.05, 0) is 62.1 Å².